The number of nitrogens with two attached hydrogens (primary N) is 1. The zero-order valence-corrected chi connectivity index (χ0v) is 12.3. The van der Waals surface area contributed by atoms with Crippen LogP contribution in [0.25, 0.3) is 11.1 Å². The van der Waals surface area contributed by atoms with E-state index in [1.165, 1.54) is 34.6 Å². The molecule has 0 bridgehead atoms. The van der Waals surface area contributed by atoms with Crippen molar-refractivity contribution in [2.45, 2.75) is 6.42 Å². The molecular weight excluding hydrogens is 288 g/mol. The van der Waals surface area contributed by atoms with E-state index in [0.29, 0.717) is 0 Å². The molecule has 112 valence electrons. The fraction of sp³-hybridized carbons (Fsp3) is 0.0556. The number of nitrogens with zero attached hydrogens (tertiary/aromatic N) is 2. The van der Waals surface area contributed by atoms with Crippen molar-refractivity contribution in [3.63, 3.8) is 0 Å². The van der Waals surface area contributed by atoms with Crippen LogP contribution in [0, 0.1) is 0 Å². The first-order valence-electron chi connectivity index (χ1n) is 7.31. The second kappa shape index (κ2) is 5.21. The van der Waals surface area contributed by atoms with Crippen molar-refractivity contribution in [2.24, 2.45) is 0 Å². The largest absolute Gasteiger partial charge is 0.382 e. The summed E-state index contributed by atoms with van der Waals surface area (Å²) in [5, 5.41) is 2.83. The lowest BCUT2D eigenvalue weighted by atomic mass is 10.1. The maximum absolute atomic E-state index is 12.3. The van der Waals surface area contributed by atoms with E-state index in [2.05, 4.69) is 27.4 Å². The van der Waals surface area contributed by atoms with E-state index in [1.54, 1.807) is 0 Å². The van der Waals surface area contributed by atoms with Crippen LogP contribution in [0.3, 0.4) is 0 Å². The fourth-order valence-corrected chi connectivity index (χ4v) is 2.94. The van der Waals surface area contributed by atoms with Crippen LogP contribution in [-0.4, -0.2) is 15.9 Å². The number of carbonyl (C=O) groups excluding carboxylic acids is 1. The van der Waals surface area contributed by atoms with Crippen molar-refractivity contribution < 1.29 is 4.79 Å². The molecule has 1 aliphatic carbocycles. The van der Waals surface area contributed by atoms with Gasteiger partial charge in [0.1, 0.15) is 0 Å². The highest BCUT2D eigenvalue weighted by molar-refractivity contribution is 6.05. The van der Waals surface area contributed by atoms with Gasteiger partial charge in [-0.05, 0) is 40.8 Å². The summed E-state index contributed by atoms with van der Waals surface area (Å²) in [6.45, 7) is 0. The fourth-order valence-electron chi connectivity index (χ4n) is 2.94. The molecular formula is C18H14N4O. The second-order valence-electron chi connectivity index (χ2n) is 5.45. The average Bonchev–Trinajstić information content (AvgIpc) is 2.92. The zero-order valence-electron chi connectivity index (χ0n) is 12.3. The number of carbonyl (C=O) groups is 1. The Hall–Kier alpha value is -3.21. The number of benzene rings is 2. The molecule has 1 aliphatic rings. The number of rotatable bonds is 2. The molecule has 0 saturated heterocycles. The summed E-state index contributed by atoms with van der Waals surface area (Å²) in [7, 11) is 0. The number of anilines is 2. The summed E-state index contributed by atoms with van der Waals surface area (Å²) < 4.78 is 0. The molecule has 3 N–H and O–H groups in total. The van der Waals surface area contributed by atoms with E-state index in [-0.39, 0.29) is 17.4 Å². The third kappa shape index (κ3) is 2.32. The number of nitrogens with one attached hydrogen (secondary N) is 1. The first-order chi connectivity index (χ1) is 11.2. The Labute approximate surface area is 133 Å². The molecule has 0 aliphatic heterocycles. The number of nitrogen functional groups attached to an aromatic ring is 1. The zero-order chi connectivity index (χ0) is 15.8. The summed E-state index contributed by atoms with van der Waals surface area (Å²) in [6.07, 6.45) is 3.78. The van der Waals surface area contributed by atoms with E-state index in [0.717, 1.165) is 12.1 Å². The van der Waals surface area contributed by atoms with Crippen LogP contribution in [0.5, 0.6) is 0 Å². The number of hydrogen-bond donors (Lipinski definition) is 2. The van der Waals surface area contributed by atoms with E-state index in [9.17, 15) is 4.79 Å². The molecule has 1 aromatic heterocycles. The molecule has 5 heteroatoms. The Morgan fingerprint density at radius 3 is 2.65 bits per heavy atom. The smallest absolute Gasteiger partial charge is 0.278 e. The minimum atomic E-state index is -0.355. The van der Waals surface area contributed by atoms with Gasteiger partial charge in [0.2, 0.25) is 0 Å². The highest BCUT2D eigenvalue weighted by Gasteiger charge is 2.19. The molecule has 3 aromatic rings. The van der Waals surface area contributed by atoms with Gasteiger partial charge in [0.05, 0.1) is 0 Å². The normalized spacial score (nSPS) is 11.7. The van der Waals surface area contributed by atoms with Crippen molar-refractivity contribution in [3.05, 3.63) is 71.7 Å². The Kier molecular flexibility index (Phi) is 3.05. The molecule has 0 spiro atoms. The second-order valence-corrected chi connectivity index (χ2v) is 5.45. The van der Waals surface area contributed by atoms with Crippen molar-refractivity contribution in [2.75, 3.05) is 11.1 Å². The van der Waals surface area contributed by atoms with Crippen LogP contribution in [0.1, 0.15) is 21.6 Å². The number of aromatic nitrogens is 2. The molecule has 0 atom stereocenters. The third-order valence-electron chi connectivity index (χ3n) is 3.99. The van der Waals surface area contributed by atoms with Gasteiger partial charge in [-0.2, -0.15) is 0 Å². The molecule has 0 saturated carbocycles. The first-order valence-corrected chi connectivity index (χ1v) is 7.31. The summed E-state index contributed by atoms with van der Waals surface area (Å²) in [5.74, 6) is -0.232. The van der Waals surface area contributed by atoms with E-state index < -0.39 is 0 Å². The molecule has 2 aromatic carbocycles. The van der Waals surface area contributed by atoms with Crippen LogP contribution < -0.4 is 11.1 Å². The van der Waals surface area contributed by atoms with Crippen molar-refractivity contribution in [1.29, 1.82) is 0 Å². The molecule has 0 radical (unpaired) electrons. The summed E-state index contributed by atoms with van der Waals surface area (Å²) >= 11 is 0. The highest BCUT2D eigenvalue weighted by Crippen LogP contribution is 2.37. The molecule has 1 amide bonds. The quantitative estimate of drug-likeness (QED) is 0.596. The van der Waals surface area contributed by atoms with Gasteiger partial charge in [0, 0.05) is 18.1 Å². The maximum Gasteiger partial charge on any atom is 0.278 e. The van der Waals surface area contributed by atoms with Gasteiger partial charge in [-0.25, -0.2) is 9.97 Å². The van der Waals surface area contributed by atoms with E-state index in [4.69, 9.17) is 5.73 Å². The molecule has 1 heterocycles. The van der Waals surface area contributed by atoms with E-state index in [1.807, 2.05) is 30.3 Å². The maximum atomic E-state index is 12.3. The Balaban J connectivity index is 1.62. The number of fused-ring (bicyclic) bond motifs is 3. The monoisotopic (exact) mass is 302 g/mol. The minimum absolute atomic E-state index is 0.124. The highest BCUT2D eigenvalue weighted by atomic mass is 16.1. The number of hydrogen-bond acceptors (Lipinski definition) is 4. The van der Waals surface area contributed by atoms with Gasteiger partial charge >= 0.3 is 0 Å². The first kappa shape index (κ1) is 13.5. The molecule has 0 unspecified atom stereocenters. The van der Waals surface area contributed by atoms with Crippen LogP contribution in [-0.2, 0) is 6.42 Å². The van der Waals surface area contributed by atoms with Crippen LogP contribution in [0.15, 0.2) is 54.9 Å². The molecule has 0 fully saturated rings. The van der Waals surface area contributed by atoms with Gasteiger partial charge in [-0.3, -0.25) is 4.79 Å². The predicted octanol–water partition coefficient (Wildman–Crippen LogP) is 2.88. The van der Waals surface area contributed by atoms with Crippen molar-refractivity contribution in [1.82, 2.24) is 9.97 Å². The van der Waals surface area contributed by atoms with Gasteiger partial charge in [-0.1, -0.05) is 30.3 Å². The van der Waals surface area contributed by atoms with Crippen molar-refractivity contribution >= 4 is 17.4 Å². The van der Waals surface area contributed by atoms with Crippen LogP contribution >= 0.6 is 0 Å². The molecule has 4 rings (SSSR count). The summed E-state index contributed by atoms with van der Waals surface area (Å²) in [4.78, 5) is 20.1. The lowest BCUT2D eigenvalue weighted by Gasteiger charge is -2.08. The summed E-state index contributed by atoms with van der Waals surface area (Å²) in [5.41, 5.74) is 11.5. The third-order valence-corrected chi connectivity index (χ3v) is 3.99. The van der Waals surface area contributed by atoms with Gasteiger partial charge in [-0.15, -0.1) is 0 Å². The summed E-state index contributed by atoms with van der Waals surface area (Å²) in [6, 6.07) is 14.3. The van der Waals surface area contributed by atoms with Gasteiger partial charge in [0.25, 0.3) is 5.91 Å². The number of amides is 1. The van der Waals surface area contributed by atoms with Crippen LogP contribution in [0.4, 0.5) is 11.5 Å². The van der Waals surface area contributed by atoms with Crippen LogP contribution in [0.2, 0.25) is 0 Å². The van der Waals surface area contributed by atoms with Crippen molar-refractivity contribution in [3.8, 4) is 11.1 Å². The SMILES string of the molecule is Nc1nccnc1C(=O)Nc1ccc2c(c1)Cc1ccccc1-2. The Morgan fingerprint density at radius 2 is 1.78 bits per heavy atom. The van der Waals surface area contributed by atoms with E-state index >= 15 is 0 Å². The average molecular weight is 302 g/mol. The Morgan fingerprint density at radius 1 is 1.00 bits per heavy atom. The van der Waals surface area contributed by atoms with Gasteiger partial charge in [0.15, 0.2) is 11.5 Å². The topological polar surface area (TPSA) is 80.9 Å². The Bertz CT molecular complexity index is 920. The minimum Gasteiger partial charge on any atom is -0.382 e. The lowest BCUT2D eigenvalue weighted by molar-refractivity contribution is 0.102. The molecule has 5 nitrogen and oxygen atoms in total. The predicted molar refractivity (Wildman–Crippen MR) is 89.1 cm³/mol. The lowest BCUT2D eigenvalue weighted by Crippen LogP contribution is -2.16. The van der Waals surface area contributed by atoms with Gasteiger partial charge < -0.3 is 11.1 Å². The standard InChI is InChI=1S/C18H14N4O/c19-17-16(20-7-8-21-17)18(23)22-13-5-6-15-12(10-13)9-11-3-1-2-4-14(11)15/h1-8,10H,9H2,(H2,19,21)(H,22,23). The molecule has 23 heavy (non-hydrogen) atoms.